The summed E-state index contributed by atoms with van der Waals surface area (Å²) in [6, 6.07) is 5.96. The predicted octanol–water partition coefficient (Wildman–Crippen LogP) is 3.16. The monoisotopic (exact) mass is 445 g/mol. The maximum absolute atomic E-state index is 13.8. The van der Waals surface area contributed by atoms with E-state index in [1.165, 1.54) is 29.8 Å². The summed E-state index contributed by atoms with van der Waals surface area (Å²) >= 11 is 1.17. The van der Waals surface area contributed by atoms with Crippen LogP contribution in [0.1, 0.15) is 26.6 Å². The molecule has 0 saturated carbocycles. The molecule has 7 nitrogen and oxygen atoms in total. The van der Waals surface area contributed by atoms with Gasteiger partial charge in [-0.1, -0.05) is 11.3 Å². The molecule has 31 heavy (non-hydrogen) atoms. The van der Waals surface area contributed by atoms with Crippen LogP contribution < -0.4 is 10.9 Å². The molecule has 4 aromatic rings. The van der Waals surface area contributed by atoms with Gasteiger partial charge in [-0.05, 0) is 23.8 Å². The third-order valence-corrected chi connectivity index (χ3v) is 5.35. The van der Waals surface area contributed by atoms with E-state index in [9.17, 15) is 22.8 Å². The fourth-order valence-corrected chi connectivity index (χ4v) is 3.69. The van der Waals surface area contributed by atoms with Crippen LogP contribution in [-0.4, -0.2) is 26.1 Å². The van der Waals surface area contributed by atoms with Crippen molar-refractivity contribution in [3.8, 4) is 10.6 Å². The minimum atomic E-state index is -0.996. The molecular weight excluding hydrogens is 431 g/mol. The van der Waals surface area contributed by atoms with Crippen molar-refractivity contribution in [2.75, 3.05) is 0 Å². The second kappa shape index (κ2) is 8.56. The van der Waals surface area contributed by atoms with Crippen LogP contribution in [0.2, 0.25) is 0 Å². The number of rotatable bonds is 6. The predicted molar refractivity (Wildman–Crippen MR) is 107 cm³/mol. The Morgan fingerprint density at radius 3 is 2.61 bits per heavy atom. The molecule has 0 aliphatic rings. The quantitative estimate of drug-likeness (QED) is 0.424. The van der Waals surface area contributed by atoms with Crippen LogP contribution in [0.5, 0.6) is 0 Å². The van der Waals surface area contributed by atoms with Crippen LogP contribution >= 0.6 is 11.3 Å². The van der Waals surface area contributed by atoms with Crippen molar-refractivity contribution >= 4 is 17.2 Å². The summed E-state index contributed by atoms with van der Waals surface area (Å²) in [4.78, 5) is 29.5. The standard InChI is InChI=1S/C20H14F3N5O2S/c21-11-6-14(22)13(15(23)7-11)4-10-5-16(25-8-10)19(30)26-9-17-27-28-20(31-17)12-2-1-3-24-18(12)29/h1-3,5-8,25H,4,9H2,(H,24,29)(H,26,30). The van der Waals surface area contributed by atoms with E-state index >= 15 is 0 Å². The Balaban J connectivity index is 1.40. The van der Waals surface area contributed by atoms with Gasteiger partial charge in [0, 0.05) is 36.5 Å². The van der Waals surface area contributed by atoms with Crippen LogP contribution in [0.4, 0.5) is 13.2 Å². The molecular formula is C20H14F3N5O2S. The summed E-state index contributed by atoms with van der Waals surface area (Å²) in [5.74, 6) is -3.44. The molecule has 0 atom stereocenters. The van der Waals surface area contributed by atoms with Crippen LogP contribution in [0.15, 0.2) is 47.5 Å². The number of H-pyrrole nitrogens is 2. The number of amides is 1. The average Bonchev–Trinajstić information content (AvgIpc) is 3.39. The Morgan fingerprint density at radius 1 is 1.10 bits per heavy atom. The van der Waals surface area contributed by atoms with Crippen molar-refractivity contribution in [1.82, 2.24) is 25.5 Å². The zero-order valence-electron chi connectivity index (χ0n) is 15.7. The van der Waals surface area contributed by atoms with Crippen LogP contribution in [-0.2, 0) is 13.0 Å². The third kappa shape index (κ3) is 4.56. The van der Waals surface area contributed by atoms with Crippen molar-refractivity contribution < 1.29 is 18.0 Å². The van der Waals surface area contributed by atoms with Gasteiger partial charge in [0.1, 0.15) is 28.2 Å². The molecule has 0 aliphatic heterocycles. The lowest BCUT2D eigenvalue weighted by molar-refractivity contribution is 0.0946. The Kier molecular flexibility index (Phi) is 5.67. The van der Waals surface area contributed by atoms with Gasteiger partial charge in [0.15, 0.2) is 5.01 Å². The van der Waals surface area contributed by atoms with Crippen LogP contribution in [0.3, 0.4) is 0 Å². The summed E-state index contributed by atoms with van der Waals surface area (Å²) in [5, 5.41) is 11.5. The second-order valence-corrected chi connectivity index (χ2v) is 7.60. The van der Waals surface area contributed by atoms with Gasteiger partial charge in [0.25, 0.3) is 11.5 Å². The Bertz CT molecular complexity index is 1290. The molecule has 1 amide bonds. The van der Waals surface area contributed by atoms with Gasteiger partial charge >= 0.3 is 0 Å². The summed E-state index contributed by atoms with van der Waals surface area (Å²) < 4.78 is 40.7. The lowest BCUT2D eigenvalue weighted by Crippen LogP contribution is -2.23. The number of aromatic nitrogens is 4. The maximum atomic E-state index is 13.8. The second-order valence-electron chi connectivity index (χ2n) is 6.54. The SMILES string of the molecule is O=C(NCc1nnc(-c2ccc[nH]c2=O)s1)c1cc(Cc2c(F)cc(F)cc2F)c[nH]1. The number of nitrogens with zero attached hydrogens (tertiary/aromatic N) is 2. The molecule has 0 bridgehead atoms. The van der Waals surface area contributed by atoms with E-state index in [1.807, 2.05) is 0 Å². The number of hydrogen-bond donors (Lipinski definition) is 3. The number of nitrogens with one attached hydrogen (secondary N) is 3. The topological polar surface area (TPSA) is 104 Å². The van der Waals surface area contributed by atoms with E-state index in [1.54, 1.807) is 12.1 Å². The van der Waals surface area contributed by atoms with Gasteiger partial charge in [-0.3, -0.25) is 9.59 Å². The number of halogens is 3. The first-order valence-corrected chi connectivity index (χ1v) is 9.81. The molecule has 3 heterocycles. The highest BCUT2D eigenvalue weighted by atomic mass is 32.1. The molecule has 1 aromatic carbocycles. The first-order chi connectivity index (χ1) is 14.9. The van der Waals surface area contributed by atoms with Crippen molar-refractivity contribution in [3.63, 3.8) is 0 Å². The van der Waals surface area contributed by atoms with E-state index in [0.29, 0.717) is 33.3 Å². The first-order valence-electron chi connectivity index (χ1n) is 9.00. The fourth-order valence-electron chi connectivity index (χ4n) is 2.89. The van der Waals surface area contributed by atoms with E-state index in [4.69, 9.17) is 0 Å². The Morgan fingerprint density at radius 2 is 1.87 bits per heavy atom. The van der Waals surface area contributed by atoms with Gasteiger partial charge in [-0.25, -0.2) is 13.2 Å². The van der Waals surface area contributed by atoms with Gasteiger partial charge in [-0.15, -0.1) is 10.2 Å². The summed E-state index contributed by atoms with van der Waals surface area (Å²) in [5.41, 5.74) is 0.442. The van der Waals surface area contributed by atoms with Gasteiger partial charge in [0.05, 0.1) is 12.1 Å². The Labute approximate surface area is 177 Å². The normalized spacial score (nSPS) is 10.9. The average molecular weight is 445 g/mol. The summed E-state index contributed by atoms with van der Waals surface area (Å²) in [7, 11) is 0. The van der Waals surface area contributed by atoms with Crippen molar-refractivity contribution in [3.05, 3.63) is 92.4 Å². The highest BCUT2D eigenvalue weighted by Crippen LogP contribution is 2.21. The largest absolute Gasteiger partial charge is 0.357 e. The molecule has 3 N–H and O–H groups in total. The maximum Gasteiger partial charge on any atom is 0.268 e. The lowest BCUT2D eigenvalue weighted by atomic mass is 10.1. The molecule has 0 aliphatic carbocycles. The third-order valence-electron chi connectivity index (χ3n) is 4.39. The summed E-state index contributed by atoms with van der Waals surface area (Å²) in [6.45, 7) is 0.0802. The van der Waals surface area contributed by atoms with E-state index in [2.05, 4.69) is 25.5 Å². The molecule has 3 aromatic heterocycles. The molecule has 0 radical (unpaired) electrons. The number of carbonyl (C=O) groups excluding carboxylic acids is 1. The molecule has 0 spiro atoms. The number of hydrogen-bond acceptors (Lipinski definition) is 5. The number of benzene rings is 1. The van der Waals surface area contributed by atoms with Gasteiger partial charge in [-0.2, -0.15) is 0 Å². The molecule has 158 valence electrons. The molecule has 11 heteroatoms. The van der Waals surface area contributed by atoms with Gasteiger partial charge in [0.2, 0.25) is 0 Å². The molecule has 0 unspecified atom stereocenters. The smallest absolute Gasteiger partial charge is 0.268 e. The van der Waals surface area contributed by atoms with Crippen LogP contribution in [0.25, 0.3) is 10.6 Å². The minimum Gasteiger partial charge on any atom is -0.357 e. The van der Waals surface area contributed by atoms with Crippen LogP contribution in [0, 0.1) is 17.5 Å². The zero-order chi connectivity index (χ0) is 22.0. The van der Waals surface area contributed by atoms with Crippen molar-refractivity contribution in [2.24, 2.45) is 0 Å². The highest BCUT2D eigenvalue weighted by Gasteiger charge is 2.16. The zero-order valence-corrected chi connectivity index (χ0v) is 16.5. The number of aromatic amines is 2. The lowest BCUT2D eigenvalue weighted by Gasteiger charge is -2.03. The van der Waals surface area contributed by atoms with E-state index in [0.717, 1.165) is 0 Å². The Hall–Kier alpha value is -3.73. The molecule has 0 fully saturated rings. The molecule has 0 saturated heterocycles. The number of pyridine rings is 1. The van der Waals surface area contributed by atoms with E-state index in [-0.39, 0.29) is 29.8 Å². The van der Waals surface area contributed by atoms with Crippen molar-refractivity contribution in [2.45, 2.75) is 13.0 Å². The fraction of sp³-hybridized carbons (Fsp3) is 0.100. The molecule has 4 rings (SSSR count). The van der Waals surface area contributed by atoms with Gasteiger partial charge < -0.3 is 15.3 Å². The number of carbonyl (C=O) groups is 1. The van der Waals surface area contributed by atoms with E-state index < -0.39 is 23.4 Å². The summed E-state index contributed by atoms with van der Waals surface area (Å²) in [6.07, 6.45) is 2.81. The van der Waals surface area contributed by atoms with Crippen molar-refractivity contribution in [1.29, 1.82) is 0 Å². The highest BCUT2D eigenvalue weighted by molar-refractivity contribution is 7.14. The first kappa shape index (κ1) is 20.5. The minimum absolute atomic E-state index is 0.0802.